The Bertz CT molecular complexity index is 1170. The van der Waals surface area contributed by atoms with Gasteiger partial charge in [-0.2, -0.15) is 0 Å². The Morgan fingerprint density at radius 3 is 2.24 bits per heavy atom. The van der Waals surface area contributed by atoms with Crippen molar-refractivity contribution in [3.05, 3.63) is 48.5 Å². The van der Waals surface area contributed by atoms with Gasteiger partial charge in [0, 0.05) is 29.2 Å². The molecule has 1 amide bonds. The summed E-state index contributed by atoms with van der Waals surface area (Å²) in [5.41, 5.74) is 2.13. The number of nitrogens with one attached hydrogen (secondary N) is 1. The van der Waals surface area contributed by atoms with Gasteiger partial charge in [0.15, 0.2) is 0 Å². The number of para-hydroxylation sites is 2. The molecule has 1 heterocycles. The molecule has 0 radical (unpaired) electrons. The van der Waals surface area contributed by atoms with Crippen LogP contribution >= 0.6 is 0 Å². The predicted octanol–water partition coefficient (Wildman–Crippen LogP) is 4.85. The number of ether oxygens (including phenoxy) is 2. The third-order valence-corrected chi connectivity index (χ3v) is 4.97. The van der Waals surface area contributed by atoms with Gasteiger partial charge in [-0.25, -0.2) is 4.79 Å². The number of nitrogens with zero attached hydrogens (tertiary/aromatic N) is 1. The van der Waals surface area contributed by atoms with E-state index in [0.717, 1.165) is 30.3 Å². The number of benzene rings is 2. The van der Waals surface area contributed by atoms with Crippen LogP contribution in [0.5, 0.6) is 0 Å². The molecule has 3 rings (SSSR count). The molecule has 33 heavy (non-hydrogen) atoms. The number of carbonyl (C=O) groups excluding carboxylic acids is 2. The molecule has 2 aromatic carbocycles. The molecule has 170 valence electrons. The zero-order valence-electron chi connectivity index (χ0n) is 18.9. The van der Waals surface area contributed by atoms with Crippen LogP contribution in [-0.4, -0.2) is 36.4 Å². The van der Waals surface area contributed by atoms with E-state index in [1.165, 1.54) is 10.8 Å². The second-order valence-corrected chi connectivity index (χ2v) is 7.43. The van der Waals surface area contributed by atoms with Crippen molar-refractivity contribution in [1.29, 1.82) is 0 Å². The van der Waals surface area contributed by atoms with Crippen LogP contribution in [-0.2, 0) is 14.3 Å². The van der Waals surface area contributed by atoms with E-state index in [9.17, 15) is 9.59 Å². The molecule has 0 aliphatic rings. The summed E-state index contributed by atoms with van der Waals surface area (Å²) >= 11 is 0. The van der Waals surface area contributed by atoms with Crippen molar-refractivity contribution in [2.45, 2.75) is 39.0 Å². The summed E-state index contributed by atoms with van der Waals surface area (Å²) in [6.45, 7) is 2.47. The number of aromatic nitrogens is 1. The van der Waals surface area contributed by atoms with Gasteiger partial charge >= 0.3 is 12.1 Å². The summed E-state index contributed by atoms with van der Waals surface area (Å²) < 4.78 is 12.0. The summed E-state index contributed by atoms with van der Waals surface area (Å²) in [5, 5.41) is 4.73. The molecule has 0 bridgehead atoms. The molecule has 0 unspecified atom stereocenters. The van der Waals surface area contributed by atoms with Gasteiger partial charge in [0.1, 0.15) is 6.54 Å². The Labute approximate surface area is 194 Å². The molecule has 6 heteroatoms. The number of esters is 1. The summed E-state index contributed by atoms with van der Waals surface area (Å²) in [6, 6.07) is 19.5. The molecule has 1 aromatic heterocycles. The van der Waals surface area contributed by atoms with Crippen LogP contribution in [0, 0.1) is 23.8 Å². The van der Waals surface area contributed by atoms with E-state index in [2.05, 4.69) is 53.4 Å². The molecule has 6 nitrogen and oxygen atoms in total. The highest BCUT2D eigenvalue weighted by Crippen LogP contribution is 2.27. The summed E-state index contributed by atoms with van der Waals surface area (Å²) in [5.74, 6) is 8.42. The van der Waals surface area contributed by atoms with E-state index in [0.29, 0.717) is 19.4 Å². The van der Waals surface area contributed by atoms with Crippen LogP contribution in [0.25, 0.3) is 21.8 Å². The Kier molecular flexibility index (Phi) is 9.24. The smallest absolute Gasteiger partial charge is 0.407 e. The molecule has 0 saturated heterocycles. The van der Waals surface area contributed by atoms with Crippen LogP contribution in [0.15, 0.2) is 48.5 Å². The van der Waals surface area contributed by atoms with E-state index in [4.69, 9.17) is 9.47 Å². The largest absolute Gasteiger partial charge is 0.464 e. The molecule has 3 aromatic rings. The highest BCUT2D eigenvalue weighted by Gasteiger charge is 2.08. The number of fused-ring (bicyclic) bond motifs is 3. The average Bonchev–Trinajstić information content (AvgIpc) is 3.15. The van der Waals surface area contributed by atoms with E-state index >= 15 is 0 Å². The van der Waals surface area contributed by atoms with Crippen molar-refractivity contribution in [3.8, 4) is 23.8 Å². The Morgan fingerprint density at radius 2 is 1.55 bits per heavy atom. The number of unbranched alkanes of at least 4 members (excludes halogenated alkanes) is 3. The lowest BCUT2D eigenvalue weighted by molar-refractivity contribution is -0.142. The zero-order chi connectivity index (χ0) is 23.3. The molecule has 0 saturated carbocycles. The quantitative estimate of drug-likeness (QED) is 0.291. The van der Waals surface area contributed by atoms with Gasteiger partial charge in [-0.15, -0.1) is 0 Å². The lowest BCUT2D eigenvalue weighted by atomic mass is 10.2. The molecule has 0 spiro atoms. The maximum atomic E-state index is 11.6. The first-order valence-corrected chi connectivity index (χ1v) is 11.2. The third-order valence-electron chi connectivity index (χ3n) is 4.97. The Morgan fingerprint density at radius 1 is 0.879 bits per heavy atom. The van der Waals surface area contributed by atoms with Crippen LogP contribution < -0.4 is 5.32 Å². The molecule has 0 atom stereocenters. The average molecular weight is 445 g/mol. The SMILES string of the molecule is CCCCOC(=O)CNC(=O)OCCCCC#CC#Cn1c2ccccc2c2ccccc21. The fourth-order valence-corrected chi connectivity index (χ4v) is 3.29. The van der Waals surface area contributed by atoms with Crippen LogP contribution in [0.3, 0.4) is 0 Å². The number of carbonyl (C=O) groups is 2. The molecular weight excluding hydrogens is 416 g/mol. The van der Waals surface area contributed by atoms with Crippen LogP contribution in [0.4, 0.5) is 4.79 Å². The van der Waals surface area contributed by atoms with Crippen molar-refractivity contribution in [2.24, 2.45) is 0 Å². The standard InChI is InChI=1S/C27H28N2O4/c1-2-3-19-32-26(30)21-28-27(31)33-20-13-7-5-4-6-12-18-29-24-16-10-8-14-22(24)23-15-9-11-17-25(23)29/h8-11,14-17H,2-3,5,7,13,19-21H2,1H3,(H,28,31). The molecule has 0 aliphatic carbocycles. The topological polar surface area (TPSA) is 69.6 Å². The van der Waals surface area contributed by atoms with Crippen molar-refractivity contribution < 1.29 is 19.1 Å². The van der Waals surface area contributed by atoms with Crippen molar-refractivity contribution in [3.63, 3.8) is 0 Å². The van der Waals surface area contributed by atoms with E-state index in [-0.39, 0.29) is 13.2 Å². The maximum absolute atomic E-state index is 11.6. The summed E-state index contributed by atoms with van der Waals surface area (Å²) in [7, 11) is 0. The number of alkyl carbamates (subject to hydrolysis) is 1. The van der Waals surface area contributed by atoms with Crippen molar-refractivity contribution in [2.75, 3.05) is 19.8 Å². The number of amides is 1. The number of hydrogen-bond acceptors (Lipinski definition) is 4. The molecular formula is C27H28N2O4. The Balaban J connectivity index is 1.38. The first kappa shape index (κ1) is 23.8. The predicted molar refractivity (Wildman–Crippen MR) is 129 cm³/mol. The van der Waals surface area contributed by atoms with E-state index < -0.39 is 12.1 Å². The van der Waals surface area contributed by atoms with Gasteiger partial charge < -0.3 is 14.8 Å². The van der Waals surface area contributed by atoms with Gasteiger partial charge in [0.25, 0.3) is 0 Å². The fourth-order valence-electron chi connectivity index (χ4n) is 3.29. The zero-order valence-corrected chi connectivity index (χ0v) is 18.9. The van der Waals surface area contributed by atoms with E-state index in [1.807, 2.05) is 35.8 Å². The summed E-state index contributed by atoms with van der Waals surface area (Å²) in [6.07, 6.45) is 3.27. The van der Waals surface area contributed by atoms with Gasteiger partial charge in [-0.05, 0) is 37.3 Å². The number of hydrogen-bond donors (Lipinski definition) is 1. The van der Waals surface area contributed by atoms with E-state index in [1.54, 1.807) is 0 Å². The molecule has 0 aliphatic heterocycles. The lowest BCUT2D eigenvalue weighted by Crippen LogP contribution is -2.31. The molecule has 0 fully saturated rings. The lowest BCUT2D eigenvalue weighted by Gasteiger charge is -2.06. The third kappa shape index (κ3) is 7.05. The van der Waals surface area contributed by atoms with Gasteiger partial charge in [-0.1, -0.05) is 55.7 Å². The fraction of sp³-hybridized carbons (Fsp3) is 0.333. The minimum atomic E-state index is -0.620. The highest BCUT2D eigenvalue weighted by molar-refractivity contribution is 6.08. The van der Waals surface area contributed by atoms with Gasteiger partial charge in [-0.3, -0.25) is 9.36 Å². The second kappa shape index (κ2) is 12.8. The Hall–Kier alpha value is -3.90. The monoisotopic (exact) mass is 444 g/mol. The number of rotatable bonds is 9. The van der Waals surface area contributed by atoms with Crippen LogP contribution in [0.1, 0.15) is 39.0 Å². The molecule has 1 N–H and O–H groups in total. The second-order valence-electron chi connectivity index (χ2n) is 7.43. The normalized spacial score (nSPS) is 10.1. The first-order valence-electron chi connectivity index (χ1n) is 11.2. The van der Waals surface area contributed by atoms with Crippen molar-refractivity contribution >= 4 is 33.9 Å². The maximum Gasteiger partial charge on any atom is 0.407 e. The minimum absolute atomic E-state index is 0.182. The van der Waals surface area contributed by atoms with Gasteiger partial charge in [0.2, 0.25) is 0 Å². The summed E-state index contributed by atoms with van der Waals surface area (Å²) in [4.78, 5) is 23.0. The van der Waals surface area contributed by atoms with Crippen molar-refractivity contribution in [1.82, 2.24) is 9.88 Å². The van der Waals surface area contributed by atoms with Gasteiger partial charge in [0.05, 0.1) is 24.2 Å². The first-order chi connectivity index (χ1) is 16.2. The minimum Gasteiger partial charge on any atom is -0.464 e. The highest BCUT2D eigenvalue weighted by atomic mass is 16.6. The van der Waals surface area contributed by atoms with Crippen LogP contribution in [0.2, 0.25) is 0 Å².